The molecule has 16 heteroatoms. The number of halogens is 4. The van der Waals surface area contributed by atoms with Crippen LogP contribution >= 0.6 is 0 Å². The molecule has 0 fully saturated rings. The summed E-state index contributed by atoms with van der Waals surface area (Å²) in [6.07, 6.45) is 4.74. The van der Waals surface area contributed by atoms with Crippen molar-refractivity contribution in [1.82, 2.24) is 29.7 Å². The second kappa shape index (κ2) is 12.6. The number of para-hydroxylation sites is 1. The van der Waals surface area contributed by atoms with Crippen LogP contribution in [0, 0.1) is 6.92 Å². The van der Waals surface area contributed by atoms with E-state index < -0.39 is 57.4 Å². The van der Waals surface area contributed by atoms with Gasteiger partial charge in [-0.25, -0.2) is 18.4 Å². The number of pyridine rings is 1. The molecule has 0 aliphatic carbocycles. The van der Waals surface area contributed by atoms with E-state index in [1.807, 2.05) is 0 Å². The number of hydrogen-bond acceptors (Lipinski definition) is 10. The highest BCUT2D eigenvalue weighted by Crippen LogP contribution is 2.38. The zero-order chi connectivity index (χ0) is 29.7. The van der Waals surface area contributed by atoms with Crippen molar-refractivity contribution in [2.75, 3.05) is 7.11 Å². The quantitative estimate of drug-likeness (QED) is 0.218. The molecular weight excluding hydrogens is 572 g/mol. The van der Waals surface area contributed by atoms with Gasteiger partial charge in [0.25, 0.3) is 0 Å². The molecule has 3 heterocycles. The highest BCUT2D eigenvalue weighted by molar-refractivity contribution is 7.91. The van der Waals surface area contributed by atoms with Gasteiger partial charge in [-0.2, -0.15) is 17.6 Å². The predicted octanol–water partition coefficient (Wildman–Crippen LogP) is 4.32. The number of aryl methyl sites for hydroxylation is 1. The largest absolute Gasteiger partial charge is 0.432 e. The second-order valence-electron chi connectivity index (χ2n) is 8.66. The van der Waals surface area contributed by atoms with Gasteiger partial charge in [-0.1, -0.05) is 6.07 Å². The average Bonchev–Trinajstić information content (AvgIpc) is 3.32. The first kappa shape index (κ1) is 29.8. The third kappa shape index (κ3) is 6.77. The van der Waals surface area contributed by atoms with E-state index in [4.69, 9.17) is 4.74 Å². The van der Waals surface area contributed by atoms with Crippen LogP contribution in [-0.2, 0) is 20.3 Å². The van der Waals surface area contributed by atoms with Gasteiger partial charge in [-0.15, -0.1) is 10.2 Å². The molecule has 0 N–H and O–H groups in total. The molecule has 11 nitrogen and oxygen atoms in total. The molecule has 218 valence electrons. The summed E-state index contributed by atoms with van der Waals surface area (Å²) < 4.78 is 96.4. The lowest BCUT2D eigenvalue weighted by molar-refractivity contribution is -0.0542. The second-order valence-corrected chi connectivity index (χ2v) is 11.0. The van der Waals surface area contributed by atoms with Crippen molar-refractivity contribution >= 4 is 9.84 Å². The number of hydrogen-bond donors (Lipinski definition) is 0. The van der Waals surface area contributed by atoms with E-state index >= 15 is 0 Å². The van der Waals surface area contributed by atoms with Gasteiger partial charge in [-0.05, 0) is 43.7 Å². The Hall–Kier alpha value is -4.18. The molecule has 2 atom stereocenters. The van der Waals surface area contributed by atoms with Crippen molar-refractivity contribution in [2.24, 2.45) is 0 Å². The number of sulfone groups is 1. The fraction of sp³-hybridized carbons (Fsp3) is 0.320. The highest BCUT2D eigenvalue weighted by Gasteiger charge is 2.35. The number of methoxy groups -OCH3 is 1. The lowest BCUT2D eigenvalue weighted by atomic mass is 10.2. The molecule has 0 aliphatic rings. The first-order chi connectivity index (χ1) is 19.5. The summed E-state index contributed by atoms with van der Waals surface area (Å²) in [6, 6.07) is 6.41. The minimum absolute atomic E-state index is 0.0921. The van der Waals surface area contributed by atoms with Crippen LogP contribution in [0.2, 0.25) is 0 Å². The zero-order valence-electron chi connectivity index (χ0n) is 21.9. The topological polar surface area (TPSA) is 131 Å². The van der Waals surface area contributed by atoms with E-state index in [-0.39, 0.29) is 23.0 Å². The first-order valence-electron chi connectivity index (χ1n) is 11.9. The molecule has 4 aromatic rings. The first-order valence-corrected chi connectivity index (χ1v) is 13.6. The molecule has 0 spiro atoms. The maximum atomic E-state index is 13.7. The smallest absolute Gasteiger partial charge is 0.387 e. The van der Waals surface area contributed by atoms with Crippen LogP contribution in [0.25, 0.3) is 17.1 Å². The normalized spacial score (nSPS) is 13.4. The number of rotatable bonds is 12. The standard InChI is InChI=1S/C25H24F4N6O5S/c1-14-10-31-22(32-11-14)21(38-3)15(2)41(36,37)13-19-33-34-23(16-6-5-9-30-12-16)35(19)20-17(39-24(26)27)7-4-8-18(20)40-25(28)29/h4-12,15,21,24-25H,13H2,1-3H3/t15-,21-/m0/s1. The van der Waals surface area contributed by atoms with Gasteiger partial charge in [0.05, 0.1) is 5.25 Å². The third-order valence-electron chi connectivity index (χ3n) is 5.90. The van der Waals surface area contributed by atoms with Gasteiger partial charge in [0.2, 0.25) is 0 Å². The Balaban J connectivity index is 1.87. The number of ether oxygens (including phenoxy) is 3. The fourth-order valence-electron chi connectivity index (χ4n) is 3.99. The number of alkyl halides is 4. The minimum atomic E-state index is -4.18. The molecule has 4 rings (SSSR count). The monoisotopic (exact) mass is 596 g/mol. The van der Waals surface area contributed by atoms with Crippen LogP contribution in [-0.4, -0.2) is 63.7 Å². The minimum Gasteiger partial charge on any atom is -0.432 e. The van der Waals surface area contributed by atoms with E-state index in [2.05, 4.69) is 34.6 Å². The van der Waals surface area contributed by atoms with E-state index in [1.165, 1.54) is 51.0 Å². The van der Waals surface area contributed by atoms with Crippen molar-refractivity contribution in [2.45, 2.75) is 44.2 Å². The molecule has 0 saturated heterocycles. The summed E-state index contributed by atoms with van der Waals surface area (Å²) in [4.78, 5) is 12.3. The fourth-order valence-corrected chi connectivity index (χ4v) is 5.41. The summed E-state index contributed by atoms with van der Waals surface area (Å²) in [5, 5.41) is 6.81. The number of aromatic nitrogens is 6. The van der Waals surface area contributed by atoms with Crippen molar-refractivity contribution in [3.05, 3.63) is 72.3 Å². The van der Waals surface area contributed by atoms with Crippen LogP contribution in [0.5, 0.6) is 11.5 Å². The average molecular weight is 597 g/mol. The molecule has 0 radical (unpaired) electrons. The third-order valence-corrected chi connectivity index (χ3v) is 7.94. The van der Waals surface area contributed by atoms with E-state index in [0.29, 0.717) is 0 Å². The Kier molecular flexibility index (Phi) is 9.12. The molecule has 41 heavy (non-hydrogen) atoms. The molecule has 0 bridgehead atoms. The summed E-state index contributed by atoms with van der Waals surface area (Å²) >= 11 is 0. The summed E-state index contributed by atoms with van der Waals surface area (Å²) in [5.74, 6) is -2.26. The van der Waals surface area contributed by atoms with Gasteiger partial charge in [0, 0.05) is 37.5 Å². The molecule has 1 aromatic carbocycles. The predicted molar refractivity (Wildman–Crippen MR) is 136 cm³/mol. The number of nitrogens with zero attached hydrogens (tertiary/aromatic N) is 6. The summed E-state index contributed by atoms with van der Waals surface area (Å²) in [5.41, 5.74) is 0.566. The van der Waals surface area contributed by atoms with E-state index in [0.717, 1.165) is 28.3 Å². The molecule has 0 amide bonds. The Bertz CT molecular complexity index is 1550. The summed E-state index contributed by atoms with van der Waals surface area (Å²) in [7, 11) is -2.88. The molecule has 0 unspecified atom stereocenters. The van der Waals surface area contributed by atoms with Crippen molar-refractivity contribution in [3.63, 3.8) is 0 Å². The maximum absolute atomic E-state index is 13.7. The van der Waals surface area contributed by atoms with Crippen LogP contribution < -0.4 is 9.47 Å². The Morgan fingerprint density at radius 1 is 0.927 bits per heavy atom. The molecule has 0 aliphatic heterocycles. The van der Waals surface area contributed by atoms with Crippen LogP contribution in [0.15, 0.2) is 55.1 Å². The van der Waals surface area contributed by atoms with Crippen LogP contribution in [0.1, 0.15) is 30.2 Å². The van der Waals surface area contributed by atoms with Gasteiger partial charge in [0.15, 0.2) is 38.8 Å². The number of benzene rings is 1. The van der Waals surface area contributed by atoms with Crippen molar-refractivity contribution < 1.29 is 40.2 Å². The Morgan fingerprint density at radius 3 is 2.10 bits per heavy atom. The van der Waals surface area contributed by atoms with E-state index in [9.17, 15) is 26.0 Å². The maximum Gasteiger partial charge on any atom is 0.387 e. The van der Waals surface area contributed by atoms with Crippen molar-refractivity contribution in [3.8, 4) is 28.6 Å². The van der Waals surface area contributed by atoms with Crippen molar-refractivity contribution in [1.29, 1.82) is 0 Å². The lowest BCUT2D eigenvalue weighted by Gasteiger charge is -2.22. The molecule has 0 saturated carbocycles. The van der Waals surface area contributed by atoms with Gasteiger partial charge in [-0.3, -0.25) is 9.55 Å². The molecular formula is C25H24F4N6O5S. The lowest BCUT2D eigenvalue weighted by Crippen LogP contribution is -2.30. The van der Waals surface area contributed by atoms with Gasteiger partial charge < -0.3 is 14.2 Å². The molecule has 3 aromatic heterocycles. The SMILES string of the molecule is CO[C@H](c1ncc(C)cn1)[C@H](C)S(=O)(=O)Cc1nnc(-c2cccnc2)n1-c1c(OC(F)F)cccc1OC(F)F. The zero-order valence-corrected chi connectivity index (χ0v) is 22.7. The van der Waals surface area contributed by atoms with Gasteiger partial charge in [0.1, 0.15) is 17.5 Å². The van der Waals surface area contributed by atoms with Gasteiger partial charge >= 0.3 is 13.2 Å². The Labute approximate surface area is 232 Å². The van der Waals surface area contributed by atoms with Crippen LogP contribution in [0.3, 0.4) is 0 Å². The highest BCUT2D eigenvalue weighted by atomic mass is 32.2. The van der Waals surface area contributed by atoms with Crippen LogP contribution in [0.4, 0.5) is 17.6 Å². The van der Waals surface area contributed by atoms with E-state index in [1.54, 1.807) is 6.92 Å². The Morgan fingerprint density at radius 2 is 1.56 bits per heavy atom. The summed E-state index contributed by atoms with van der Waals surface area (Å²) in [6.45, 7) is -3.55.